The maximum atomic E-state index is 12.4. The summed E-state index contributed by atoms with van der Waals surface area (Å²) < 4.78 is 38.9. The molecule has 1 aromatic carbocycles. The Kier molecular flexibility index (Phi) is 5.05. The Morgan fingerprint density at radius 1 is 1.25 bits per heavy atom. The number of sulfonamides is 1. The molecule has 1 heterocycles. The van der Waals surface area contributed by atoms with Gasteiger partial charge in [0.15, 0.2) is 11.6 Å². The Morgan fingerprint density at radius 3 is 2.54 bits per heavy atom. The van der Waals surface area contributed by atoms with Gasteiger partial charge in [-0.15, -0.1) is 0 Å². The number of carbonyl (C=O) groups excluding carboxylic acids is 1. The maximum Gasteiger partial charge on any atom is 0.240 e. The summed E-state index contributed by atoms with van der Waals surface area (Å²) in [5, 5.41) is 0. The highest BCUT2D eigenvalue weighted by Gasteiger charge is 2.40. The molecule has 2 fully saturated rings. The van der Waals surface area contributed by atoms with E-state index in [1.807, 2.05) is 0 Å². The van der Waals surface area contributed by atoms with Gasteiger partial charge in [0.2, 0.25) is 10.0 Å². The molecule has 1 N–H and O–H groups in total. The number of benzene rings is 1. The van der Waals surface area contributed by atoms with E-state index >= 15 is 0 Å². The molecule has 0 radical (unpaired) electrons. The highest BCUT2D eigenvalue weighted by Crippen LogP contribution is 2.38. The zero-order valence-corrected chi connectivity index (χ0v) is 14.6. The van der Waals surface area contributed by atoms with Crippen molar-refractivity contribution in [3.05, 3.63) is 29.8 Å². The van der Waals surface area contributed by atoms with E-state index in [9.17, 15) is 13.2 Å². The van der Waals surface area contributed by atoms with E-state index < -0.39 is 15.8 Å². The highest BCUT2D eigenvalue weighted by atomic mass is 32.2. The fourth-order valence-electron chi connectivity index (χ4n) is 3.30. The average Bonchev–Trinajstić information content (AvgIpc) is 3.03. The molecule has 0 aromatic heterocycles. The quantitative estimate of drug-likeness (QED) is 0.820. The molecule has 1 saturated heterocycles. The summed E-state index contributed by atoms with van der Waals surface area (Å²) in [7, 11) is -3.61. The summed E-state index contributed by atoms with van der Waals surface area (Å²) in [4.78, 5) is 11.5. The van der Waals surface area contributed by atoms with Crippen LogP contribution in [0.1, 0.15) is 43.0 Å². The minimum Gasteiger partial charge on any atom is -0.348 e. The van der Waals surface area contributed by atoms with Crippen LogP contribution in [-0.2, 0) is 19.5 Å². The number of ketones is 1. The van der Waals surface area contributed by atoms with Crippen molar-refractivity contribution in [1.29, 1.82) is 0 Å². The molecule has 1 aliphatic heterocycles. The van der Waals surface area contributed by atoms with Crippen molar-refractivity contribution in [3.8, 4) is 0 Å². The molecule has 0 atom stereocenters. The minimum atomic E-state index is -3.61. The number of nitrogens with one attached hydrogen (secondary N) is 1. The van der Waals surface area contributed by atoms with Crippen molar-refractivity contribution < 1.29 is 22.7 Å². The molecule has 2 aliphatic rings. The van der Waals surface area contributed by atoms with E-state index in [1.54, 1.807) is 12.1 Å². The molecule has 1 aromatic rings. The molecule has 24 heavy (non-hydrogen) atoms. The van der Waals surface area contributed by atoms with Crippen LogP contribution < -0.4 is 4.72 Å². The molecule has 6 nitrogen and oxygen atoms in total. The molecule has 3 rings (SSSR count). The third-order valence-corrected chi connectivity index (χ3v) is 6.21. The summed E-state index contributed by atoms with van der Waals surface area (Å²) in [5.41, 5.74) is 0.396. The molecule has 0 unspecified atom stereocenters. The second-order valence-corrected chi connectivity index (χ2v) is 8.25. The molecule has 1 aliphatic carbocycles. The fraction of sp³-hybridized carbons (Fsp3) is 0.588. The number of rotatable bonds is 5. The zero-order valence-electron chi connectivity index (χ0n) is 13.8. The van der Waals surface area contributed by atoms with Crippen molar-refractivity contribution in [1.82, 2.24) is 4.72 Å². The van der Waals surface area contributed by atoms with Crippen LogP contribution in [0, 0.1) is 5.92 Å². The molecular weight excluding hydrogens is 330 g/mol. The Labute approximate surface area is 142 Å². The zero-order chi connectivity index (χ0) is 17.2. The highest BCUT2D eigenvalue weighted by molar-refractivity contribution is 7.89. The van der Waals surface area contributed by atoms with Crippen molar-refractivity contribution >= 4 is 15.8 Å². The van der Waals surface area contributed by atoms with Gasteiger partial charge in [0.05, 0.1) is 18.1 Å². The number of hydrogen-bond acceptors (Lipinski definition) is 5. The monoisotopic (exact) mass is 353 g/mol. The van der Waals surface area contributed by atoms with Gasteiger partial charge in [-0.25, -0.2) is 13.1 Å². The Hall–Kier alpha value is -1.28. The first-order valence-corrected chi connectivity index (χ1v) is 9.77. The maximum absolute atomic E-state index is 12.4. The lowest BCUT2D eigenvalue weighted by atomic mass is 9.85. The lowest BCUT2D eigenvalue weighted by Gasteiger charge is -2.35. The van der Waals surface area contributed by atoms with Gasteiger partial charge >= 0.3 is 0 Å². The van der Waals surface area contributed by atoms with E-state index in [2.05, 4.69) is 4.72 Å². The van der Waals surface area contributed by atoms with Crippen LogP contribution in [0.4, 0.5) is 0 Å². The molecule has 0 amide bonds. The van der Waals surface area contributed by atoms with Crippen LogP contribution in [-0.4, -0.2) is 39.7 Å². The van der Waals surface area contributed by atoms with Gasteiger partial charge in [0.25, 0.3) is 0 Å². The van der Waals surface area contributed by atoms with E-state index in [0.717, 1.165) is 25.7 Å². The molecule has 132 valence electrons. The van der Waals surface area contributed by atoms with E-state index in [1.165, 1.54) is 19.1 Å². The Bertz CT molecular complexity index is 699. The third kappa shape index (κ3) is 3.85. The van der Waals surface area contributed by atoms with Crippen LogP contribution in [0.15, 0.2) is 29.2 Å². The normalized spacial score (nSPS) is 21.2. The van der Waals surface area contributed by atoms with Gasteiger partial charge in [-0.1, -0.05) is 12.1 Å². The van der Waals surface area contributed by atoms with E-state index in [-0.39, 0.29) is 16.6 Å². The molecule has 0 bridgehead atoms. The van der Waals surface area contributed by atoms with Gasteiger partial charge in [0.1, 0.15) is 0 Å². The molecule has 1 saturated carbocycles. The SMILES string of the molecule is CC(=O)c1cccc(S(=O)(=O)NCC2CCC3(CC2)OCCO3)c1. The van der Waals surface area contributed by atoms with Crippen molar-refractivity contribution in [2.75, 3.05) is 19.8 Å². The molecular formula is C17H23NO5S. The van der Waals surface area contributed by atoms with Crippen LogP contribution in [0.3, 0.4) is 0 Å². The largest absolute Gasteiger partial charge is 0.348 e. The Morgan fingerprint density at radius 2 is 1.92 bits per heavy atom. The number of hydrogen-bond donors (Lipinski definition) is 1. The Balaban J connectivity index is 1.58. The first-order valence-electron chi connectivity index (χ1n) is 8.29. The second kappa shape index (κ2) is 6.92. The predicted molar refractivity (Wildman–Crippen MR) is 88.2 cm³/mol. The minimum absolute atomic E-state index is 0.130. The van der Waals surface area contributed by atoms with Crippen LogP contribution in [0.2, 0.25) is 0 Å². The summed E-state index contributed by atoms with van der Waals surface area (Å²) in [6.45, 7) is 3.10. The van der Waals surface area contributed by atoms with Crippen LogP contribution >= 0.6 is 0 Å². The topological polar surface area (TPSA) is 81.7 Å². The van der Waals surface area contributed by atoms with Crippen LogP contribution in [0.25, 0.3) is 0 Å². The molecule has 1 spiro atoms. The van der Waals surface area contributed by atoms with Gasteiger partial charge < -0.3 is 9.47 Å². The summed E-state index contributed by atoms with van der Waals surface area (Å²) in [6, 6.07) is 6.12. The van der Waals surface area contributed by atoms with Crippen molar-refractivity contribution in [2.24, 2.45) is 5.92 Å². The average molecular weight is 353 g/mol. The first-order chi connectivity index (χ1) is 11.4. The van der Waals surface area contributed by atoms with Crippen molar-refractivity contribution in [2.45, 2.75) is 43.3 Å². The summed E-state index contributed by atoms with van der Waals surface area (Å²) in [6.07, 6.45) is 3.35. The number of Topliss-reactive ketones (excluding diaryl/α,β-unsaturated/α-hetero) is 1. The fourth-order valence-corrected chi connectivity index (χ4v) is 4.46. The van der Waals surface area contributed by atoms with Gasteiger partial charge in [0, 0.05) is 24.9 Å². The number of ether oxygens (including phenoxy) is 2. The first kappa shape index (κ1) is 17.5. The van der Waals surface area contributed by atoms with E-state index in [4.69, 9.17) is 9.47 Å². The molecule has 7 heteroatoms. The second-order valence-electron chi connectivity index (χ2n) is 6.49. The smallest absolute Gasteiger partial charge is 0.240 e. The predicted octanol–water partition coefficient (Wildman–Crippen LogP) is 2.10. The lowest BCUT2D eigenvalue weighted by Crippen LogP contribution is -2.38. The van der Waals surface area contributed by atoms with Gasteiger partial charge in [-0.2, -0.15) is 0 Å². The lowest BCUT2D eigenvalue weighted by molar-refractivity contribution is -0.182. The summed E-state index contributed by atoms with van der Waals surface area (Å²) in [5.74, 6) is -0.305. The van der Waals surface area contributed by atoms with Crippen molar-refractivity contribution in [3.63, 3.8) is 0 Å². The van der Waals surface area contributed by atoms with Gasteiger partial charge in [-0.05, 0) is 37.8 Å². The third-order valence-electron chi connectivity index (χ3n) is 4.79. The summed E-state index contributed by atoms with van der Waals surface area (Å²) >= 11 is 0. The van der Waals surface area contributed by atoms with E-state index in [0.29, 0.717) is 25.3 Å². The number of carbonyl (C=O) groups is 1. The van der Waals surface area contributed by atoms with Crippen LogP contribution in [0.5, 0.6) is 0 Å². The standard InChI is InChI=1S/C17H23NO5S/c1-13(19)15-3-2-4-16(11-15)24(20,21)18-12-14-5-7-17(8-6-14)22-9-10-23-17/h2-4,11,14,18H,5-10,12H2,1H3. The van der Waals surface area contributed by atoms with Gasteiger partial charge in [-0.3, -0.25) is 4.79 Å².